The molecule has 0 fully saturated rings. The topological polar surface area (TPSA) is 81.8 Å². The van der Waals surface area contributed by atoms with Crippen molar-refractivity contribution < 1.29 is 14.3 Å². The van der Waals surface area contributed by atoms with Crippen molar-refractivity contribution in [3.63, 3.8) is 0 Å². The first-order valence-electron chi connectivity index (χ1n) is 5.63. The Hall–Kier alpha value is -2.63. The number of carboxylic acids is 1. The van der Waals surface area contributed by atoms with Crippen LogP contribution < -0.4 is 0 Å². The highest BCUT2D eigenvalue weighted by Crippen LogP contribution is 2.33. The normalized spacial score (nSPS) is 11.1. The highest BCUT2D eigenvalue weighted by atomic mass is 19.1. The second-order valence-electron chi connectivity index (χ2n) is 4.28. The molecule has 0 saturated carbocycles. The summed E-state index contributed by atoms with van der Waals surface area (Å²) in [5.41, 5.74) is 2.58. The van der Waals surface area contributed by atoms with Crippen LogP contribution in [0.1, 0.15) is 16.1 Å². The number of halogens is 1. The molecule has 5 nitrogen and oxygen atoms in total. The lowest BCUT2D eigenvalue weighted by Gasteiger charge is -2.00. The molecule has 1 aromatic carbocycles. The summed E-state index contributed by atoms with van der Waals surface area (Å²) < 4.78 is 13.4. The quantitative estimate of drug-likeness (QED) is 0.661. The van der Waals surface area contributed by atoms with E-state index in [1.54, 1.807) is 13.0 Å². The Morgan fingerprint density at radius 1 is 1.42 bits per heavy atom. The lowest BCUT2D eigenvalue weighted by Crippen LogP contribution is -1.97. The van der Waals surface area contributed by atoms with Gasteiger partial charge in [-0.25, -0.2) is 9.18 Å². The van der Waals surface area contributed by atoms with Crippen molar-refractivity contribution in [3.8, 4) is 11.3 Å². The molecule has 0 aliphatic rings. The van der Waals surface area contributed by atoms with E-state index in [0.717, 1.165) is 11.2 Å². The molecule has 0 saturated heterocycles. The molecular weight excluding hydrogens is 249 g/mol. The zero-order valence-corrected chi connectivity index (χ0v) is 9.99. The number of carboxylic acid groups (broad SMARTS) is 1. The van der Waals surface area contributed by atoms with Gasteiger partial charge in [-0.2, -0.15) is 5.10 Å². The van der Waals surface area contributed by atoms with Gasteiger partial charge in [0, 0.05) is 22.2 Å². The average molecular weight is 259 g/mol. The van der Waals surface area contributed by atoms with Crippen LogP contribution in [0.5, 0.6) is 0 Å². The SMILES string of the molecule is Cc1[nH]c2ccc(F)cc2c1-c1[nH]ncc1C(=O)O. The molecule has 3 N–H and O–H groups in total. The molecule has 0 bridgehead atoms. The van der Waals surface area contributed by atoms with E-state index >= 15 is 0 Å². The molecule has 6 heteroatoms. The zero-order valence-electron chi connectivity index (χ0n) is 9.99. The molecular formula is C13H10FN3O2. The number of fused-ring (bicyclic) bond motifs is 1. The fraction of sp³-hybridized carbons (Fsp3) is 0.0769. The number of nitrogens with one attached hydrogen (secondary N) is 2. The van der Waals surface area contributed by atoms with E-state index in [9.17, 15) is 9.18 Å². The first-order valence-corrected chi connectivity index (χ1v) is 5.63. The molecule has 96 valence electrons. The number of nitrogens with zero attached hydrogens (tertiary/aromatic N) is 1. The number of rotatable bonds is 2. The Morgan fingerprint density at radius 3 is 2.95 bits per heavy atom. The summed E-state index contributed by atoms with van der Waals surface area (Å²) >= 11 is 0. The summed E-state index contributed by atoms with van der Waals surface area (Å²) in [6.45, 7) is 1.81. The van der Waals surface area contributed by atoms with Gasteiger partial charge in [-0.3, -0.25) is 5.10 Å². The van der Waals surface area contributed by atoms with Gasteiger partial charge in [0.25, 0.3) is 0 Å². The summed E-state index contributed by atoms with van der Waals surface area (Å²) in [6, 6.07) is 4.35. The van der Waals surface area contributed by atoms with E-state index in [-0.39, 0.29) is 11.4 Å². The number of aryl methyl sites for hydroxylation is 1. The summed E-state index contributed by atoms with van der Waals surface area (Å²) in [5, 5.41) is 16.2. The van der Waals surface area contributed by atoms with Gasteiger partial charge in [0.1, 0.15) is 11.4 Å². The van der Waals surface area contributed by atoms with E-state index in [1.165, 1.54) is 18.3 Å². The number of benzene rings is 1. The molecule has 0 aliphatic heterocycles. The van der Waals surface area contributed by atoms with Gasteiger partial charge in [0.05, 0.1) is 11.9 Å². The van der Waals surface area contributed by atoms with Crippen molar-refractivity contribution in [2.45, 2.75) is 6.92 Å². The molecule has 0 atom stereocenters. The second-order valence-corrected chi connectivity index (χ2v) is 4.28. The van der Waals surface area contributed by atoms with Crippen LogP contribution in [0.25, 0.3) is 22.2 Å². The Labute approximate surface area is 107 Å². The van der Waals surface area contributed by atoms with E-state index in [1.807, 2.05) is 0 Å². The van der Waals surface area contributed by atoms with Crippen LogP contribution in [-0.2, 0) is 0 Å². The summed E-state index contributed by atoms with van der Waals surface area (Å²) in [7, 11) is 0. The molecule has 0 unspecified atom stereocenters. The summed E-state index contributed by atoms with van der Waals surface area (Å²) in [6.07, 6.45) is 1.25. The van der Waals surface area contributed by atoms with E-state index in [4.69, 9.17) is 5.11 Å². The van der Waals surface area contributed by atoms with E-state index in [2.05, 4.69) is 15.2 Å². The monoisotopic (exact) mass is 259 g/mol. The number of hydrogen-bond acceptors (Lipinski definition) is 2. The zero-order chi connectivity index (χ0) is 13.6. The highest BCUT2D eigenvalue weighted by Gasteiger charge is 2.19. The average Bonchev–Trinajstić information content (AvgIpc) is 2.91. The van der Waals surface area contributed by atoms with Gasteiger partial charge in [-0.15, -0.1) is 0 Å². The van der Waals surface area contributed by atoms with Gasteiger partial charge >= 0.3 is 5.97 Å². The Morgan fingerprint density at radius 2 is 2.21 bits per heavy atom. The molecule has 0 spiro atoms. The number of aromatic amines is 2. The van der Waals surface area contributed by atoms with E-state index in [0.29, 0.717) is 16.6 Å². The van der Waals surface area contributed by atoms with Gasteiger partial charge < -0.3 is 10.1 Å². The number of aromatic nitrogens is 3. The molecule has 3 aromatic rings. The molecule has 2 aromatic heterocycles. The van der Waals surface area contributed by atoms with Gasteiger partial charge in [-0.1, -0.05) is 0 Å². The van der Waals surface area contributed by atoms with E-state index < -0.39 is 5.97 Å². The predicted octanol–water partition coefficient (Wildman–Crippen LogP) is 2.70. The van der Waals surface area contributed by atoms with Gasteiger partial charge in [0.2, 0.25) is 0 Å². The van der Waals surface area contributed by atoms with Crippen LogP contribution in [0.15, 0.2) is 24.4 Å². The number of hydrogen-bond donors (Lipinski definition) is 3. The predicted molar refractivity (Wildman–Crippen MR) is 67.5 cm³/mol. The number of H-pyrrole nitrogens is 2. The third-order valence-corrected chi connectivity index (χ3v) is 3.07. The fourth-order valence-corrected chi connectivity index (χ4v) is 2.26. The third-order valence-electron chi connectivity index (χ3n) is 3.07. The number of carbonyl (C=O) groups is 1. The first kappa shape index (κ1) is 11.5. The molecule has 0 aliphatic carbocycles. The Kier molecular flexibility index (Phi) is 2.38. The minimum Gasteiger partial charge on any atom is -0.478 e. The molecule has 19 heavy (non-hydrogen) atoms. The lowest BCUT2D eigenvalue weighted by molar-refractivity contribution is 0.0698. The van der Waals surface area contributed by atoms with Crippen LogP contribution in [0.3, 0.4) is 0 Å². The lowest BCUT2D eigenvalue weighted by atomic mass is 10.0. The first-order chi connectivity index (χ1) is 9.08. The van der Waals surface area contributed by atoms with Crippen LogP contribution in [0, 0.1) is 12.7 Å². The van der Waals surface area contributed by atoms with Crippen molar-refractivity contribution in [1.29, 1.82) is 0 Å². The van der Waals surface area contributed by atoms with Crippen LogP contribution in [0.4, 0.5) is 4.39 Å². The minimum absolute atomic E-state index is 0.0632. The summed E-state index contributed by atoms with van der Waals surface area (Å²) in [5.74, 6) is -1.45. The Balaban J connectivity index is 2.35. The molecule has 2 heterocycles. The van der Waals surface area contributed by atoms with Gasteiger partial charge in [0.15, 0.2) is 0 Å². The van der Waals surface area contributed by atoms with Crippen molar-refractivity contribution in [3.05, 3.63) is 41.5 Å². The van der Waals surface area contributed by atoms with Crippen molar-refractivity contribution in [2.24, 2.45) is 0 Å². The highest BCUT2D eigenvalue weighted by molar-refractivity contribution is 6.03. The smallest absolute Gasteiger partial charge is 0.339 e. The minimum atomic E-state index is -1.08. The van der Waals surface area contributed by atoms with Gasteiger partial charge in [-0.05, 0) is 25.1 Å². The molecule has 3 rings (SSSR count). The Bertz CT molecular complexity index is 788. The maximum Gasteiger partial charge on any atom is 0.339 e. The third kappa shape index (κ3) is 1.69. The maximum absolute atomic E-state index is 13.4. The van der Waals surface area contributed by atoms with Crippen molar-refractivity contribution >= 4 is 16.9 Å². The maximum atomic E-state index is 13.4. The second kappa shape index (κ2) is 3.94. The molecule has 0 amide bonds. The van der Waals surface area contributed by atoms with Crippen LogP contribution >= 0.6 is 0 Å². The molecule has 0 radical (unpaired) electrons. The standard InChI is InChI=1S/C13H10FN3O2/c1-6-11(12-9(13(18)19)5-15-17-12)8-4-7(14)2-3-10(8)16-6/h2-5,16H,1H3,(H,15,17)(H,18,19). The van der Waals surface area contributed by atoms with Crippen LogP contribution in [-0.4, -0.2) is 26.3 Å². The number of aromatic carboxylic acids is 1. The van der Waals surface area contributed by atoms with Crippen molar-refractivity contribution in [2.75, 3.05) is 0 Å². The largest absolute Gasteiger partial charge is 0.478 e. The summed E-state index contributed by atoms with van der Waals surface area (Å²) in [4.78, 5) is 14.2. The van der Waals surface area contributed by atoms with Crippen LogP contribution in [0.2, 0.25) is 0 Å². The van der Waals surface area contributed by atoms with Crippen molar-refractivity contribution in [1.82, 2.24) is 15.2 Å². The fourth-order valence-electron chi connectivity index (χ4n) is 2.26.